The second-order valence-corrected chi connectivity index (χ2v) is 4.99. The molecule has 0 aliphatic carbocycles. The van der Waals surface area contributed by atoms with Crippen molar-refractivity contribution in [2.24, 2.45) is 5.92 Å². The smallest absolute Gasteiger partial charge is 0.307 e. The third-order valence-corrected chi connectivity index (χ3v) is 3.68. The van der Waals surface area contributed by atoms with E-state index in [1.807, 2.05) is 24.3 Å². The highest BCUT2D eigenvalue weighted by molar-refractivity contribution is 7.98. The van der Waals surface area contributed by atoms with Crippen LogP contribution in [0.15, 0.2) is 24.3 Å². The summed E-state index contributed by atoms with van der Waals surface area (Å²) in [6, 6.07) is 7.85. The number of carboxylic acid groups (broad SMARTS) is 1. The van der Waals surface area contributed by atoms with Crippen LogP contribution >= 0.6 is 11.8 Å². The fraction of sp³-hybridized carbons (Fsp3) is 0.333. The molecule has 0 fully saturated rings. The molecule has 2 N–H and O–H groups in total. The van der Waals surface area contributed by atoms with Crippen molar-refractivity contribution in [2.45, 2.75) is 12.7 Å². The summed E-state index contributed by atoms with van der Waals surface area (Å²) in [7, 11) is 0. The van der Waals surface area contributed by atoms with Gasteiger partial charge in [0.25, 0.3) is 0 Å². The maximum atomic E-state index is 10.6. The fourth-order valence-electron chi connectivity index (χ4n) is 1.48. The lowest BCUT2D eigenvalue weighted by molar-refractivity contribution is -0.140. The number of imidazole rings is 1. The van der Waals surface area contributed by atoms with Gasteiger partial charge in [0, 0.05) is 5.75 Å². The van der Waals surface area contributed by atoms with E-state index in [0.29, 0.717) is 11.5 Å². The summed E-state index contributed by atoms with van der Waals surface area (Å²) in [6.45, 7) is 1.72. The van der Waals surface area contributed by atoms with Gasteiger partial charge in [-0.25, -0.2) is 4.98 Å². The van der Waals surface area contributed by atoms with Gasteiger partial charge in [-0.05, 0) is 12.1 Å². The van der Waals surface area contributed by atoms with E-state index in [9.17, 15) is 4.79 Å². The van der Waals surface area contributed by atoms with Crippen molar-refractivity contribution in [1.82, 2.24) is 9.97 Å². The van der Waals surface area contributed by atoms with Crippen LogP contribution in [0.5, 0.6) is 0 Å². The average molecular weight is 250 g/mol. The monoisotopic (exact) mass is 250 g/mol. The Kier molecular flexibility index (Phi) is 3.68. The Morgan fingerprint density at radius 3 is 3.00 bits per heavy atom. The molecule has 0 saturated carbocycles. The number of nitrogens with zero attached hydrogens (tertiary/aromatic N) is 1. The second-order valence-electron chi connectivity index (χ2n) is 3.96. The summed E-state index contributed by atoms with van der Waals surface area (Å²) in [5.74, 6) is 1.15. The highest BCUT2D eigenvalue weighted by Crippen LogP contribution is 2.17. The molecule has 2 rings (SSSR count). The van der Waals surface area contributed by atoms with Crippen LogP contribution in [0, 0.1) is 5.92 Å². The minimum Gasteiger partial charge on any atom is -0.481 e. The van der Waals surface area contributed by atoms with Crippen LogP contribution in [0.2, 0.25) is 0 Å². The van der Waals surface area contributed by atoms with E-state index < -0.39 is 5.97 Å². The Labute approximate surface area is 103 Å². The standard InChI is InChI=1S/C12H14N2O2S/c1-8(12(15)16)6-17-7-11-13-9-4-2-3-5-10(9)14-11/h2-5,8H,6-7H2,1H3,(H,13,14)(H,15,16). The van der Waals surface area contributed by atoms with E-state index in [1.165, 1.54) is 0 Å². The number of thioether (sulfide) groups is 1. The van der Waals surface area contributed by atoms with E-state index >= 15 is 0 Å². The van der Waals surface area contributed by atoms with E-state index in [-0.39, 0.29) is 5.92 Å². The number of aromatic nitrogens is 2. The van der Waals surface area contributed by atoms with Crippen molar-refractivity contribution in [3.63, 3.8) is 0 Å². The van der Waals surface area contributed by atoms with Crippen LogP contribution in [-0.4, -0.2) is 26.8 Å². The number of rotatable bonds is 5. The summed E-state index contributed by atoms with van der Waals surface area (Å²) in [6.07, 6.45) is 0. The van der Waals surface area contributed by atoms with Crippen molar-refractivity contribution < 1.29 is 9.90 Å². The maximum absolute atomic E-state index is 10.6. The Morgan fingerprint density at radius 1 is 1.53 bits per heavy atom. The molecule has 1 unspecified atom stereocenters. The minimum atomic E-state index is -0.748. The molecule has 1 aromatic heterocycles. The lowest BCUT2D eigenvalue weighted by atomic mass is 10.2. The van der Waals surface area contributed by atoms with Gasteiger partial charge in [-0.15, -0.1) is 0 Å². The highest BCUT2D eigenvalue weighted by atomic mass is 32.2. The van der Waals surface area contributed by atoms with Gasteiger partial charge in [0.2, 0.25) is 0 Å². The van der Waals surface area contributed by atoms with Crippen LogP contribution in [-0.2, 0) is 10.5 Å². The Bertz CT molecular complexity index is 491. The van der Waals surface area contributed by atoms with Gasteiger partial charge in [-0.3, -0.25) is 4.79 Å². The van der Waals surface area contributed by atoms with Gasteiger partial charge in [-0.2, -0.15) is 11.8 Å². The van der Waals surface area contributed by atoms with Gasteiger partial charge >= 0.3 is 5.97 Å². The molecular formula is C12H14N2O2S. The normalized spacial score (nSPS) is 12.8. The van der Waals surface area contributed by atoms with Gasteiger partial charge < -0.3 is 10.1 Å². The van der Waals surface area contributed by atoms with Gasteiger partial charge in [0.15, 0.2) is 0 Å². The molecule has 0 amide bonds. The zero-order valence-corrected chi connectivity index (χ0v) is 10.3. The van der Waals surface area contributed by atoms with Crippen LogP contribution in [0.4, 0.5) is 0 Å². The lowest BCUT2D eigenvalue weighted by Crippen LogP contribution is -2.11. The van der Waals surface area contributed by atoms with Crippen LogP contribution in [0.25, 0.3) is 11.0 Å². The van der Waals surface area contributed by atoms with Crippen molar-refractivity contribution in [1.29, 1.82) is 0 Å². The second kappa shape index (κ2) is 5.23. The van der Waals surface area contributed by atoms with Gasteiger partial charge in [0.05, 0.1) is 22.7 Å². The molecule has 4 nitrogen and oxygen atoms in total. The summed E-state index contributed by atoms with van der Waals surface area (Å²) in [5.41, 5.74) is 1.98. The average Bonchev–Trinajstić information content (AvgIpc) is 2.71. The number of carbonyl (C=O) groups is 1. The Hall–Kier alpha value is -1.49. The molecule has 0 bridgehead atoms. The van der Waals surface area contributed by atoms with Crippen molar-refractivity contribution >= 4 is 28.8 Å². The van der Waals surface area contributed by atoms with E-state index in [0.717, 1.165) is 16.9 Å². The number of nitrogens with one attached hydrogen (secondary N) is 1. The maximum Gasteiger partial charge on any atom is 0.307 e. The number of aliphatic carboxylic acids is 1. The predicted octanol–water partition coefficient (Wildman–Crippen LogP) is 2.52. The first kappa shape index (κ1) is 12.0. The SMILES string of the molecule is CC(CSCc1nc2ccccc2[nH]1)C(=O)O. The first-order chi connectivity index (χ1) is 8.16. The number of aromatic amines is 1. The largest absolute Gasteiger partial charge is 0.481 e. The summed E-state index contributed by atoms with van der Waals surface area (Å²) < 4.78 is 0. The molecule has 5 heteroatoms. The molecule has 0 saturated heterocycles. The number of hydrogen-bond donors (Lipinski definition) is 2. The molecule has 0 aliphatic heterocycles. The number of para-hydroxylation sites is 2. The highest BCUT2D eigenvalue weighted by Gasteiger charge is 2.11. The number of H-pyrrole nitrogens is 1. The number of fused-ring (bicyclic) bond motifs is 1. The quantitative estimate of drug-likeness (QED) is 0.855. The number of carboxylic acids is 1. The molecular weight excluding hydrogens is 236 g/mol. The molecule has 1 aromatic carbocycles. The zero-order valence-electron chi connectivity index (χ0n) is 9.51. The fourth-order valence-corrected chi connectivity index (χ4v) is 2.42. The first-order valence-electron chi connectivity index (χ1n) is 5.41. The van der Waals surface area contributed by atoms with Crippen LogP contribution in [0.1, 0.15) is 12.7 Å². The van der Waals surface area contributed by atoms with Gasteiger partial charge in [-0.1, -0.05) is 19.1 Å². The predicted molar refractivity (Wildman–Crippen MR) is 69.1 cm³/mol. The number of hydrogen-bond acceptors (Lipinski definition) is 3. The van der Waals surface area contributed by atoms with E-state index in [2.05, 4.69) is 9.97 Å². The molecule has 17 heavy (non-hydrogen) atoms. The third-order valence-electron chi connectivity index (χ3n) is 2.47. The molecule has 0 spiro atoms. The molecule has 1 heterocycles. The third kappa shape index (κ3) is 3.00. The summed E-state index contributed by atoms with van der Waals surface area (Å²) >= 11 is 1.58. The van der Waals surface area contributed by atoms with Gasteiger partial charge in [0.1, 0.15) is 5.82 Å². The minimum absolute atomic E-state index is 0.315. The molecule has 1 atom stereocenters. The van der Waals surface area contributed by atoms with Crippen LogP contribution in [0.3, 0.4) is 0 Å². The summed E-state index contributed by atoms with van der Waals surface area (Å²) in [5, 5.41) is 8.76. The zero-order chi connectivity index (χ0) is 12.3. The molecule has 2 aromatic rings. The Balaban J connectivity index is 1.93. The topological polar surface area (TPSA) is 66.0 Å². The molecule has 0 aliphatic rings. The molecule has 0 radical (unpaired) electrons. The van der Waals surface area contributed by atoms with E-state index in [1.54, 1.807) is 18.7 Å². The molecule has 90 valence electrons. The lowest BCUT2D eigenvalue weighted by Gasteiger charge is -2.03. The van der Waals surface area contributed by atoms with Crippen molar-refractivity contribution in [3.05, 3.63) is 30.1 Å². The first-order valence-corrected chi connectivity index (χ1v) is 6.56. The summed E-state index contributed by atoms with van der Waals surface area (Å²) in [4.78, 5) is 18.3. The van der Waals surface area contributed by atoms with E-state index in [4.69, 9.17) is 5.11 Å². The number of benzene rings is 1. The van der Waals surface area contributed by atoms with Crippen LogP contribution < -0.4 is 0 Å². The van der Waals surface area contributed by atoms with Crippen molar-refractivity contribution in [3.8, 4) is 0 Å². The van der Waals surface area contributed by atoms with Crippen molar-refractivity contribution in [2.75, 3.05) is 5.75 Å². The Morgan fingerprint density at radius 2 is 2.29 bits per heavy atom.